The standard InChI is InChI=1S/C19H26N2O4/c1-24-11-10-21-8-6-14(7-9-21)13-20-18(22)17-12-15-4-2-3-5-16(15)19(23)25-17/h2-5,14,17H,6-13H2,1H3,(H,20,22). The van der Waals surface area contributed by atoms with E-state index in [0.29, 0.717) is 24.4 Å². The van der Waals surface area contributed by atoms with E-state index in [1.54, 1.807) is 19.2 Å². The van der Waals surface area contributed by atoms with Crippen LogP contribution in [-0.2, 0) is 20.7 Å². The molecule has 0 saturated carbocycles. The van der Waals surface area contributed by atoms with Crippen molar-refractivity contribution in [3.8, 4) is 0 Å². The maximum atomic E-state index is 12.4. The highest BCUT2D eigenvalue weighted by molar-refractivity contribution is 5.95. The molecule has 1 aromatic rings. The molecule has 0 radical (unpaired) electrons. The van der Waals surface area contributed by atoms with Crippen molar-refractivity contribution in [2.24, 2.45) is 5.92 Å². The Labute approximate surface area is 148 Å². The minimum absolute atomic E-state index is 0.190. The fourth-order valence-corrected chi connectivity index (χ4v) is 3.47. The third-order valence-corrected chi connectivity index (χ3v) is 5.07. The van der Waals surface area contributed by atoms with Gasteiger partial charge in [-0.3, -0.25) is 4.79 Å². The Balaban J connectivity index is 1.44. The molecule has 2 aliphatic heterocycles. The third-order valence-electron chi connectivity index (χ3n) is 5.07. The van der Waals surface area contributed by atoms with E-state index < -0.39 is 12.1 Å². The van der Waals surface area contributed by atoms with Crippen molar-refractivity contribution in [2.75, 3.05) is 39.9 Å². The van der Waals surface area contributed by atoms with E-state index in [-0.39, 0.29) is 5.91 Å². The van der Waals surface area contributed by atoms with Gasteiger partial charge in [0, 0.05) is 26.6 Å². The summed E-state index contributed by atoms with van der Waals surface area (Å²) in [6, 6.07) is 7.30. The Kier molecular flexibility index (Phi) is 6.04. The van der Waals surface area contributed by atoms with Gasteiger partial charge >= 0.3 is 5.97 Å². The molecule has 1 fully saturated rings. The third kappa shape index (κ3) is 4.58. The van der Waals surface area contributed by atoms with Crippen LogP contribution in [0.25, 0.3) is 0 Å². The van der Waals surface area contributed by atoms with Crippen LogP contribution in [0.5, 0.6) is 0 Å². The molecule has 0 aliphatic carbocycles. The topological polar surface area (TPSA) is 67.9 Å². The van der Waals surface area contributed by atoms with Crippen LogP contribution in [0.4, 0.5) is 0 Å². The van der Waals surface area contributed by atoms with Crippen LogP contribution in [0.1, 0.15) is 28.8 Å². The molecule has 2 aliphatic rings. The lowest BCUT2D eigenvalue weighted by Gasteiger charge is -2.32. The molecule has 0 spiro atoms. The summed E-state index contributed by atoms with van der Waals surface area (Å²) >= 11 is 0. The summed E-state index contributed by atoms with van der Waals surface area (Å²) in [5.41, 5.74) is 1.44. The number of cyclic esters (lactones) is 1. The molecule has 1 N–H and O–H groups in total. The summed E-state index contributed by atoms with van der Waals surface area (Å²) in [5, 5.41) is 2.97. The second-order valence-corrected chi connectivity index (χ2v) is 6.78. The monoisotopic (exact) mass is 346 g/mol. The molecule has 2 heterocycles. The van der Waals surface area contributed by atoms with Crippen molar-refractivity contribution in [2.45, 2.75) is 25.4 Å². The number of benzene rings is 1. The van der Waals surface area contributed by atoms with E-state index in [1.165, 1.54) is 0 Å². The van der Waals surface area contributed by atoms with Crippen LogP contribution in [0.2, 0.25) is 0 Å². The number of carbonyl (C=O) groups excluding carboxylic acids is 2. The first-order valence-electron chi connectivity index (χ1n) is 8.95. The Morgan fingerprint density at radius 3 is 2.84 bits per heavy atom. The number of ether oxygens (including phenoxy) is 2. The molecule has 0 aromatic heterocycles. The number of carbonyl (C=O) groups is 2. The van der Waals surface area contributed by atoms with Gasteiger partial charge in [0.05, 0.1) is 12.2 Å². The average Bonchev–Trinajstić information content (AvgIpc) is 2.65. The highest BCUT2D eigenvalue weighted by Crippen LogP contribution is 2.21. The highest BCUT2D eigenvalue weighted by atomic mass is 16.5. The number of hydrogen-bond donors (Lipinski definition) is 1. The van der Waals surface area contributed by atoms with Gasteiger partial charge in [0.2, 0.25) is 0 Å². The molecule has 1 amide bonds. The van der Waals surface area contributed by atoms with E-state index in [0.717, 1.165) is 44.6 Å². The van der Waals surface area contributed by atoms with Gasteiger partial charge < -0.3 is 19.7 Å². The molecule has 1 unspecified atom stereocenters. The zero-order chi connectivity index (χ0) is 17.6. The fourth-order valence-electron chi connectivity index (χ4n) is 3.47. The maximum Gasteiger partial charge on any atom is 0.339 e. The molecule has 25 heavy (non-hydrogen) atoms. The van der Waals surface area contributed by atoms with Gasteiger partial charge in [0.15, 0.2) is 6.10 Å². The first-order valence-corrected chi connectivity index (χ1v) is 8.95. The number of hydrogen-bond acceptors (Lipinski definition) is 5. The smallest absolute Gasteiger partial charge is 0.339 e. The molecule has 0 bridgehead atoms. The lowest BCUT2D eigenvalue weighted by atomic mass is 9.96. The largest absolute Gasteiger partial charge is 0.448 e. The summed E-state index contributed by atoms with van der Waals surface area (Å²) in [6.07, 6.45) is 1.86. The summed E-state index contributed by atoms with van der Waals surface area (Å²) in [6.45, 7) is 4.45. The van der Waals surface area contributed by atoms with Crippen LogP contribution in [-0.4, -0.2) is 62.8 Å². The summed E-state index contributed by atoms with van der Waals surface area (Å²) in [5.74, 6) is -0.118. The van der Waals surface area contributed by atoms with Gasteiger partial charge in [0.25, 0.3) is 5.91 Å². The van der Waals surface area contributed by atoms with E-state index in [2.05, 4.69) is 10.2 Å². The maximum absolute atomic E-state index is 12.4. The summed E-state index contributed by atoms with van der Waals surface area (Å²) in [4.78, 5) is 26.8. The number of likely N-dealkylation sites (tertiary alicyclic amines) is 1. The Morgan fingerprint density at radius 1 is 1.32 bits per heavy atom. The van der Waals surface area contributed by atoms with Gasteiger partial charge in [-0.15, -0.1) is 0 Å². The van der Waals surface area contributed by atoms with Crippen LogP contribution in [0.3, 0.4) is 0 Å². The lowest BCUT2D eigenvalue weighted by molar-refractivity contribution is -0.130. The van der Waals surface area contributed by atoms with E-state index in [9.17, 15) is 9.59 Å². The number of nitrogens with one attached hydrogen (secondary N) is 1. The lowest BCUT2D eigenvalue weighted by Crippen LogP contribution is -2.45. The van der Waals surface area contributed by atoms with Crippen molar-refractivity contribution in [3.63, 3.8) is 0 Å². The minimum Gasteiger partial charge on any atom is -0.448 e. The predicted molar refractivity (Wildman–Crippen MR) is 93.4 cm³/mol. The Hall–Kier alpha value is -1.92. The van der Waals surface area contributed by atoms with Crippen molar-refractivity contribution >= 4 is 11.9 Å². The normalized spacial score (nSPS) is 21.5. The van der Waals surface area contributed by atoms with E-state index in [4.69, 9.17) is 9.47 Å². The van der Waals surface area contributed by atoms with Gasteiger partial charge in [-0.05, 0) is 43.5 Å². The van der Waals surface area contributed by atoms with Crippen molar-refractivity contribution in [3.05, 3.63) is 35.4 Å². The predicted octanol–water partition coefficient (Wildman–Crippen LogP) is 1.24. The number of esters is 1. The van der Waals surface area contributed by atoms with Crippen LogP contribution < -0.4 is 5.32 Å². The van der Waals surface area contributed by atoms with Gasteiger partial charge in [-0.1, -0.05) is 18.2 Å². The van der Waals surface area contributed by atoms with Gasteiger partial charge in [0.1, 0.15) is 0 Å². The quantitative estimate of drug-likeness (QED) is 0.785. The number of amides is 1. The average molecular weight is 346 g/mol. The first kappa shape index (κ1) is 17.9. The van der Waals surface area contributed by atoms with E-state index in [1.807, 2.05) is 12.1 Å². The van der Waals surface area contributed by atoms with E-state index >= 15 is 0 Å². The second kappa shape index (κ2) is 8.45. The minimum atomic E-state index is -0.718. The molecule has 1 atom stereocenters. The molecule has 3 rings (SSSR count). The van der Waals surface area contributed by atoms with Crippen molar-refractivity contribution in [1.29, 1.82) is 0 Å². The van der Waals surface area contributed by atoms with Crippen LogP contribution >= 0.6 is 0 Å². The van der Waals surface area contributed by atoms with Gasteiger partial charge in [-0.25, -0.2) is 4.79 Å². The van der Waals surface area contributed by atoms with Crippen LogP contribution in [0.15, 0.2) is 24.3 Å². The number of methoxy groups -OCH3 is 1. The van der Waals surface area contributed by atoms with Gasteiger partial charge in [-0.2, -0.15) is 0 Å². The Morgan fingerprint density at radius 2 is 2.08 bits per heavy atom. The summed E-state index contributed by atoms with van der Waals surface area (Å²) in [7, 11) is 1.72. The molecule has 1 aromatic carbocycles. The second-order valence-electron chi connectivity index (χ2n) is 6.78. The fraction of sp³-hybridized carbons (Fsp3) is 0.579. The zero-order valence-electron chi connectivity index (χ0n) is 14.7. The molecular weight excluding hydrogens is 320 g/mol. The van der Waals surface area contributed by atoms with Crippen molar-refractivity contribution in [1.82, 2.24) is 10.2 Å². The zero-order valence-corrected chi connectivity index (χ0v) is 14.7. The van der Waals surface area contributed by atoms with Crippen molar-refractivity contribution < 1.29 is 19.1 Å². The number of fused-ring (bicyclic) bond motifs is 1. The summed E-state index contributed by atoms with van der Waals surface area (Å²) < 4.78 is 10.4. The van der Waals surface area contributed by atoms with Crippen LogP contribution in [0, 0.1) is 5.92 Å². The molecule has 1 saturated heterocycles. The molecule has 136 valence electrons. The molecule has 6 heteroatoms. The molecular formula is C19H26N2O4. The molecule has 6 nitrogen and oxygen atoms in total. The Bertz CT molecular complexity index is 611. The number of rotatable bonds is 6. The highest BCUT2D eigenvalue weighted by Gasteiger charge is 2.31. The number of piperidine rings is 1. The first-order chi connectivity index (χ1) is 12.2. The number of nitrogens with zero attached hydrogens (tertiary/aromatic N) is 1. The SMILES string of the molecule is COCCN1CCC(CNC(=O)C2Cc3ccccc3C(=O)O2)CC1.